The number of benzene rings is 1. The van der Waals surface area contributed by atoms with Gasteiger partial charge in [-0.15, -0.1) is 0 Å². The molecule has 0 spiro atoms. The monoisotopic (exact) mass is 282 g/mol. The van der Waals surface area contributed by atoms with E-state index in [2.05, 4.69) is 4.74 Å². The van der Waals surface area contributed by atoms with Gasteiger partial charge in [-0.1, -0.05) is 30.3 Å². The predicted octanol–water partition coefficient (Wildman–Crippen LogP) is 0.828. The van der Waals surface area contributed by atoms with E-state index in [1.54, 1.807) is 0 Å². The first-order valence-corrected chi connectivity index (χ1v) is 6.15. The van der Waals surface area contributed by atoms with Crippen molar-refractivity contribution in [2.45, 2.75) is 19.1 Å². The van der Waals surface area contributed by atoms with Gasteiger partial charge < -0.3 is 19.7 Å². The van der Waals surface area contributed by atoms with Crippen LogP contribution in [0, 0.1) is 5.92 Å². The van der Waals surface area contributed by atoms with Crippen molar-refractivity contribution in [3.63, 3.8) is 0 Å². The summed E-state index contributed by atoms with van der Waals surface area (Å²) in [4.78, 5) is 22.1. The largest absolute Gasteiger partial charge is 0.481 e. The summed E-state index contributed by atoms with van der Waals surface area (Å²) in [5.41, 5.74) is 0.947. The number of ether oxygens (including phenoxy) is 2. The van der Waals surface area contributed by atoms with E-state index in [1.807, 2.05) is 30.3 Å². The van der Waals surface area contributed by atoms with Crippen LogP contribution in [-0.4, -0.2) is 42.0 Å². The maximum atomic E-state index is 11.2. The Balaban J connectivity index is 2.36. The Labute approximate surface area is 116 Å². The molecule has 0 radical (unpaired) electrons. The van der Waals surface area contributed by atoms with Crippen molar-refractivity contribution in [1.29, 1.82) is 0 Å². The highest BCUT2D eigenvalue weighted by atomic mass is 16.5. The normalized spacial score (nSPS) is 13.5. The van der Waals surface area contributed by atoms with Crippen molar-refractivity contribution in [3.8, 4) is 0 Å². The molecule has 0 aromatic heterocycles. The topological polar surface area (TPSA) is 93.1 Å². The molecule has 0 aliphatic heterocycles. The van der Waals surface area contributed by atoms with Crippen molar-refractivity contribution in [3.05, 3.63) is 35.9 Å². The minimum atomic E-state index is -1.38. The van der Waals surface area contributed by atoms with Crippen LogP contribution in [0.5, 0.6) is 0 Å². The Bertz CT molecular complexity index is 431. The van der Waals surface area contributed by atoms with E-state index in [9.17, 15) is 14.7 Å². The number of hydrogen-bond donors (Lipinski definition) is 2. The highest BCUT2D eigenvalue weighted by Gasteiger charge is 2.29. The van der Waals surface area contributed by atoms with Gasteiger partial charge in [0.15, 0.2) is 5.92 Å². The van der Waals surface area contributed by atoms with E-state index in [4.69, 9.17) is 9.84 Å². The van der Waals surface area contributed by atoms with Crippen LogP contribution in [-0.2, 0) is 25.7 Å². The fraction of sp³-hybridized carbons (Fsp3) is 0.429. The molecule has 2 unspecified atom stereocenters. The predicted molar refractivity (Wildman–Crippen MR) is 69.9 cm³/mol. The molecule has 0 saturated heterocycles. The summed E-state index contributed by atoms with van der Waals surface area (Å²) < 4.78 is 9.66. The molecule has 0 heterocycles. The number of carboxylic acid groups (broad SMARTS) is 1. The van der Waals surface area contributed by atoms with Gasteiger partial charge in [-0.25, -0.2) is 0 Å². The Hall–Kier alpha value is -1.92. The van der Waals surface area contributed by atoms with Crippen LogP contribution in [0.4, 0.5) is 0 Å². The molecule has 0 aliphatic carbocycles. The van der Waals surface area contributed by atoms with Crippen molar-refractivity contribution in [2.24, 2.45) is 5.92 Å². The Morgan fingerprint density at radius 3 is 2.45 bits per heavy atom. The van der Waals surface area contributed by atoms with Crippen molar-refractivity contribution < 1.29 is 29.3 Å². The number of aliphatic hydroxyl groups is 1. The molecule has 0 bridgehead atoms. The summed E-state index contributed by atoms with van der Waals surface area (Å²) in [6.45, 7) is 0.267. The van der Waals surface area contributed by atoms with E-state index < -0.39 is 24.0 Å². The Kier molecular flexibility index (Phi) is 6.69. The summed E-state index contributed by atoms with van der Waals surface area (Å²) in [7, 11) is 1.11. The number of carboxylic acids is 1. The second kappa shape index (κ2) is 8.29. The third-order valence-corrected chi connectivity index (χ3v) is 2.71. The van der Waals surface area contributed by atoms with Gasteiger partial charge in [0.2, 0.25) is 0 Å². The molecule has 0 amide bonds. The molecule has 20 heavy (non-hydrogen) atoms. The molecular formula is C14H18O6. The van der Waals surface area contributed by atoms with E-state index in [-0.39, 0.29) is 13.0 Å². The summed E-state index contributed by atoms with van der Waals surface area (Å²) in [6, 6.07) is 9.37. The first-order chi connectivity index (χ1) is 9.54. The van der Waals surface area contributed by atoms with Crippen LogP contribution in [0.25, 0.3) is 0 Å². The second-order valence-corrected chi connectivity index (χ2v) is 4.30. The lowest BCUT2D eigenvalue weighted by Gasteiger charge is -2.15. The average Bonchev–Trinajstić information content (AvgIpc) is 2.45. The number of esters is 1. The molecule has 0 fully saturated rings. The SMILES string of the molecule is COC(=O)C(CC(O)COCc1ccccc1)C(=O)O. The molecule has 1 aromatic rings. The summed E-state index contributed by atoms with van der Waals surface area (Å²) in [6.07, 6.45) is -1.28. The molecule has 110 valence electrons. The van der Waals surface area contributed by atoms with Crippen LogP contribution >= 0.6 is 0 Å². The smallest absolute Gasteiger partial charge is 0.320 e. The van der Waals surface area contributed by atoms with Crippen LogP contribution in [0.1, 0.15) is 12.0 Å². The lowest BCUT2D eigenvalue weighted by Crippen LogP contribution is -2.30. The molecule has 2 N–H and O–H groups in total. The van der Waals surface area contributed by atoms with Crippen LogP contribution in [0.3, 0.4) is 0 Å². The van der Waals surface area contributed by atoms with Crippen molar-refractivity contribution in [1.82, 2.24) is 0 Å². The molecule has 2 atom stereocenters. The number of carbonyl (C=O) groups is 2. The lowest BCUT2D eigenvalue weighted by molar-refractivity contribution is -0.158. The zero-order valence-electron chi connectivity index (χ0n) is 11.2. The van der Waals surface area contributed by atoms with E-state index in [0.717, 1.165) is 12.7 Å². The molecular weight excluding hydrogens is 264 g/mol. The maximum Gasteiger partial charge on any atom is 0.320 e. The number of aliphatic carboxylic acids is 1. The van der Waals surface area contributed by atoms with Gasteiger partial charge in [0.1, 0.15) is 0 Å². The van der Waals surface area contributed by atoms with Crippen LogP contribution < -0.4 is 0 Å². The Morgan fingerprint density at radius 2 is 1.90 bits per heavy atom. The van der Waals surface area contributed by atoms with E-state index >= 15 is 0 Å². The number of rotatable bonds is 8. The average molecular weight is 282 g/mol. The van der Waals surface area contributed by atoms with E-state index in [0.29, 0.717) is 6.61 Å². The van der Waals surface area contributed by atoms with Crippen molar-refractivity contribution >= 4 is 11.9 Å². The van der Waals surface area contributed by atoms with Gasteiger partial charge in [-0.2, -0.15) is 0 Å². The van der Waals surface area contributed by atoms with Gasteiger partial charge in [0.25, 0.3) is 0 Å². The van der Waals surface area contributed by atoms with E-state index in [1.165, 1.54) is 0 Å². The van der Waals surface area contributed by atoms with Crippen LogP contribution in [0.15, 0.2) is 30.3 Å². The zero-order chi connectivity index (χ0) is 15.0. The molecule has 1 aromatic carbocycles. The number of hydrogen-bond acceptors (Lipinski definition) is 5. The first-order valence-electron chi connectivity index (χ1n) is 6.15. The quantitative estimate of drug-likeness (QED) is 0.542. The highest BCUT2D eigenvalue weighted by Crippen LogP contribution is 2.11. The third kappa shape index (κ3) is 5.38. The lowest BCUT2D eigenvalue weighted by atomic mass is 10.0. The fourth-order valence-electron chi connectivity index (χ4n) is 1.67. The summed E-state index contributed by atoms with van der Waals surface area (Å²) >= 11 is 0. The second-order valence-electron chi connectivity index (χ2n) is 4.30. The fourth-order valence-corrected chi connectivity index (χ4v) is 1.67. The first kappa shape index (κ1) is 16.1. The van der Waals surface area contributed by atoms with Crippen LogP contribution in [0.2, 0.25) is 0 Å². The molecule has 0 saturated carbocycles. The molecule has 1 rings (SSSR count). The summed E-state index contributed by atoms with van der Waals surface area (Å²) in [5, 5.41) is 18.6. The Morgan fingerprint density at radius 1 is 1.25 bits per heavy atom. The van der Waals surface area contributed by atoms with Gasteiger partial charge in [-0.3, -0.25) is 9.59 Å². The summed E-state index contributed by atoms with van der Waals surface area (Å²) in [5.74, 6) is -3.58. The number of aliphatic hydroxyl groups excluding tert-OH is 1. The highest BCUT2D eigenvalue weighted by molar-refractivity contribution is 5.93. The third-order valence-electron chi connectivity index (χ3n) is 2.71. The maximum absolute atomic E-state index is 11.2. The molecule has 0 aliphatic rings. The number of carbonyl (C=O) groups excluding carboxylic acids is 1. The molecule has 6 nitrogen and oxygen atoms in total. The minimum Gasteiger partial charge on any atom is -0.481 e. The van der Waals surface area contributed by atoms with Gasteiger partial charge >= 0.3 is 11.9 Å². The van der Waals surface area contributed by atoms with Gasteiger partial charge in [0.05, 0.1) is 26.4 Å². The standard InChI is InChI=1S/C14H18O6/c1-19-14(18)12(13(16)17)7-11(15)9-20-8-10-5-3-2-4-6-10/h2-6,11-12,15H,7-9H2,1H3,(H,16,17). The molecule has 6 heteroatoms. The zero-order valence-corrected chi connectivity index (χ0v) is 11.2. The van der Waals surface area contributed by atoms with Gasteiger partial charge in [0, 0.05) is 0 Å². The van der Waals surface area contributed by atoms with Crippen molar-refractivity contribution in [2.75, 3.05) is 13.7 Å². The van der Waals surface area contributed by atoms with Gasteiger partial charge in [-0.05, 0) is 12.0 Å². The number of methoxy groups -OCH3 is 1. The minimum absolute atomic E-state index is 0.0460.